The van der Waals surface area contributed by atoms with Gasteiger partial charge in [0.15, 0.2) is 6.61 Å². The summed E-state index contributed by atoms with van der Waals surface area (Å²) in [6.45, 7) is -0.568. The number of aliphatic carboxylic acids is 1. The van der Waals surface area contributed by atoms with Gasteiger partial charge in [-0.25, -0.2) is 4.79 Å². The van der Waals surface area contributed by atoms with Gasteiger partial charge in [0.05, 0.1) is 0 Å². The molecule has 0 aliphatic rings. The number of hydrogen-bond acceptors (Lipinski definition) is 5. The number of nitrogens with zero attached hydrogens (tertiary/aromatic N) is 1. The number of anilines is 1. The minimum atomic E-state index is -2.54. The topological polar surface area (TPSA) is 99.4 Å². The van der Waals surface area contributed by atoms with Crippen LogP contribution in [0.1, 0.15) is 5.56 Å². The van der Waals surface area contributed by atoms with E-state index in [2.05, 4.69) is 5.32 Å². The second kappa shape index (κ2) is 10.1. The highest BCUT2D eigenvalue weighted by Crippen LogP contribution is 2.26. The maximum atomic E-state index is 12.3. The molecule has 0 atom stereocenters. The van der Waals surface area contributed by atoms with Crippen molar-refractivity contribution >= 4 is 35.4 Å². The van der Waals surface area contributed by atoms with Gasteiger partial charge in [0.2, 0.25) is 0 Å². The molecule has 0 aliphatic carbocycles. The summed E-state index contributed by atoms with van der Waals surface area (Å²) in [5, 5.41) is 20.5. The Hall–Kier alpha value is -3.38. The number of halogens is 2. The van der Waals surface area contributed by atoms with Crippen LogP contribution < -0.4 is 10.1 Å². The lowest BCUT2D eigenvalue weighted by Crippen LogP contribution is -2.13. The van der Waals surface area contributed by atoms with E-state index in [1.54, 1.807) is 24.3 Å². The number of alkyl halides is 2. The first kappa shape index (κ1) is 20.9. The van der Waals surface area contributed by atoms with Crippen molar-refractivity contribution in [2.24, 2.45) is 0 Å². The van der Waals surface area contributed by atoms with Crippen molar-refractivity contribution in [3.8, 4) is 11.8 Å². The summed E-state index contributed by atoms with van der Waals surface area (Å²) in [7, 11) is 0. The number of thioether (sulfide) groups is 1. The molecule has 144 valence electrons. The van der Waals surface area contributed by atoms with Crippen LogP contribution in [0.15, 0.2) is 59.0 Å². The van der Waals surface area contributed by atoms with Crippen molar-refractivity contribution in [1.82, 2.24) is 0 Å². The van der Waals surface area contributed by atoms with E-state index in [1.807, 2.05) is 0 Å². The minimum Gasteiger partial charge on any atom is -0.481 e. The van der Waals surface area contributed by atoms with Crippen LogP contribution in [0.3, 0.4) is 0 Å². The number of nitrogens with one attached hydrogen (secondary N) is 1. The fourth-order valence-electron chi connectivity index (χ4n) is 2.09. The second-order valence-corrected chi connectivity index (χ2v) is 6.31. The summed E-state index contributed by atoms with van der Waals surface area (Å²) in [5.74, 6) is -4.20. The predicted octanol–water partition coefficient (Wildman–Crippen LogP) is 4.01. The Kier molecular flexibility index (Phi) is 7.54. The first-order valence-corrected chi connectivity index (χ1v) is 8.68. The van der Waals surface area contributed by atoms with E-state index < -0.39 is 24.2 Å². The van der Waals surface area contributed by atoms with Crippen LogP contribution in [0.2, 0.25) is 0 Å². The Morgan fingerprint density at radius 2 is 1.89 bits per heavy atom. The molecule has 28 heavy (non-hydrogen) atoms. The van der Waals surface area contributed by atoms with Crippen molar-refractivity contribution in [2.45, 2.75) is 10.7 Å². The monoisotopic (exact) mass is 404 g/mol. The van der Waals surface area contributed by atoms with Crippen LogP contribution in [0.4, 0.5) is 14.5 Å². The number of ether oxygens (including phenoxy) is 1. The average molecular weight is 404 g/mol. The van der Waals surface area contributed by atoms with Crippen LogP contribution in [0.5, 0.6) is 5.75 Å². The van der Waals surface area contributed by atoms with Crippen molar-refractivity contribution in [1.29, 1.82) is 5.26 Å². The number of hydrogen-bond donors (Lipinski definition) is 2. The lowest BCUT2D eigenvalue weighted by atomic mass is 10.1. The number of amides is 1. The molecule has 0 fully saturated rings. The standard InChI is InChI=1S/C19H14F2N2O4S/c20-19(21)28-15-7-5-14(6-8-15)23-18(26)13(10-22)9-12-3-1-2-4-16(12)27-11-17(24)25/h1-9,19H,11H2,(H,23,26)(H,24,25)/b13-9+. The molecule has 2 aromatic carbocycles. The number of carbonyl (C=O) groups is 2. The van der Waals surface area contributed by atoms with Gasteiger partial charge in [0, 0.05) is 16.1 Å². The van der Waals surface area contributed by atoms with Crippen molar-refractivity contribution in [2.75, 3.05) is 11.9 Å². The summed E-state index contributed by atoms with van der Waals surface area (Å²) in [4.78, 5) is 23.3. The molecular formula is C19H14F2N2O4S. The van der Waals surface area contributed by atoms with Crippen LogP contribution >= 0.6 is 11.8 Å². The first-order chi connectivity index (χ1) is 13.4. The molecule has 6 nitrogen and oxygen atoms in total. The van der Waals surface area contributed by atoms with Crippen LogP contribution in [-0.2, 0) is 9.59 Å². The maximum absolute atomic E-state index is 12.3. The van der Waals surface area contributed by atoms with E-state index in [1.165, 1.54) is 36.4 Å². The van der Waals surface area contributed by atoms with E-state index in [4.69, 9.17) is 9.84 Å². The molecule has 0 saturated carbocycles. The van der Waals surface area contributed by atoms with Crippen LogP contribution in [0, 0.1) is 11.3 Å². The van der Waals surface area contributed by atoms with E-state index in [0.29, 0.717) is 27.9 Å². The Balaban J connectivity index is 2.15. The highest BCUT2D eigenvalue weighted by Gasteiger charge is 2.12. The molecule has 0 spiro atoms. The molecule has 0 saturated heterocycles. The zero-order valence-electron chi connectivity index (χ0n) is 14.3. The lowest BCUT2D eigenvalue weighted by Gasteiger charge is -2.08. The summed E-state index contributed by atoms with van der Waals surface area (Å²) in [6.07, 6.45) is 1.27. The summed E-state index contributed by atoms with van der Waals surface area (Å²) in [5.41, 5.74) is 0.455. The van der Waals surface area contributed by atoms with E-state index in [0.717, 1.165) is 0 Å². The van der Waals surface area contributed by atoms with Gasteiger partial charge in [-0.15, -0.1) is 0 Å². The molecule has 0 aliphatic heterocycles. The molecule has 2 rings (SSSR count). The molecular weight excluding hydrogens is 390 g/mol. The Labute approximate surface area is 163 Å². The van der Waals surface area contributed by atoms with Gasteiger partial charge in [0.25, 0.3) is 11.7 Å². The molecule has 0 aromatic heterocycles. The zero-order chi connectivity index (χ0) is 20.5. The van der Waals surface area contributed by atoms with Gasteiger partial charge in [0.1, 0.15) is 17.4 Å². The smallest absolute Gasteiger partial charge is 0.341 e. The highest BCUT2D eigenvalue weighted by atomic mass is 32.2. The van der Waals surface area contributed by atoms with Crippen molar-refractivity contribution in [3.63, 3.8) is 0 Å². The number of nitriles is 1. The highest BCUT2D eigenvalue weighted by molar-refractivity contribution is 7.99. The van der Waals surface area contributed by atoms with Gasteiger partial charge < -0.3 is 15.2 Å². The molecule has 0 heterocycles. The molecule has 0 bridgehead atoms. The first-order valence-electron chi connectivity index (χ1n) is 7.80. The third kappa shape index (κ3) is 6.41. The quantitative estimate of drug-likeness (QED) is 0.392. The van der Waals surface area contributed by atoms with Gasteiger partial charge in [-0.05, 0) is 36.4 Å². The minimum absolute atomic E-state index is 0.207. The number of carbonyl (C=O) groups excluding carboxylic acids is 1. The number of carboxylic acid groups (broad SMARTS) is 1. The van der Waals surface area contributed by atoms with Gasteiger partial charge >= 0.3 is 5.97 Å². The fourth-order valence-corrected chi connectivity index (χ4v) is 2.59. The normalized spacial score (nSPS) is 11.0. The van der Waals surface area contributed by atoms with E-state index >= 15 is 0 Å². The summed E-state index contributed by atoms with van der Waals surface area (Å²) in [6, 6.07) is 13.9. The number of rotatable bonds is 8. The number of para-hydroxylation sites is 1. The second-order valence-electron chi connectivity index (χ2n) is 5.25. The van der Waals surface area contributed by atoms with E-state index in [-0.39, 0.29) is 11.3 Å². The Morgan fingerprint density at radius 3 is 2.50 bits per heavy atom. The molecule has 2 N–H and O–H groups in total. The molecule has 2 aromatic rings. The lowest BCUT2D eigenvalue weighted by molar-refractivity contribution is -0.139. The Morgan fingerprint density at radius 1 is 1.21 bits per heavy atom. The molecule has 1 amide bonds. The molecule has 0 radical (unpaired) electrons. The Bertz CT molecular complexity index is 924. The van der Waals surface area contributed by atoms with Crippen LogP contribution in [0.25, 0.3) is 6.08 Å². The SMILES string of the molecule is N#C/C(=C\c1ccccc1OCC(=O)O)C(=O)Nc1ccc(SC(F)F)cc1. The maximum Gasteiger partial charge on any atom is 0.341 e. The molecule has 0 unspecified atom stereocenters. The predicted molar refractivity (Wildman–Crippen MR) is 100 cm³/mol. The summed E-state index contributed by atoms with van der Waals surface area (Å²) >= 11 is 0.381. The van der Waals surface area contributed by atoms with Gasteiger partial charge in [-0.1, -0.05) is 30.0 Å². The average Bonchev–Trinajstić information content (AvgIpc) is 2.66. The van der Waals surface area contributed by atoms with Crippen molar-refractivity contribution < 1.29 is 28.2 Å². The van der Waals surface area contributed by atoms with E-state index in [9.17, 15) is 23.6 Å². The number of carboxylic acids is 1. The largest absolute Gasteiger partial charge is 0.481 e. The zero-order valence-corrected chi connectivity index (χ0v) is 15.1. The van der Waals surface area contributed by atoms with Crippen LogP contribution in [-0.4, -0.2) is 29.3 Å². The third-order valence-corrected chi connectivity index (χ3v) is 3.99. The van der Waals surface area contributed by atoms with Gasteiger partial charge in [-0.2, -0.15) is 14.0 Å². The summed E-state index contributed by atoms with van der Waals surface area (Å²) < 4.78 is 29.8. The van der Waals surface area contributed by atoms with Crippen molar-refractivity contribution in [3.05, 3.63) is 59.7 Å². The fraction of sp³-hybridized carbons (Fsp3) is 0.105. The molecule has 9 heteroatoms. The third-order valence-electron chi connectivity index (χ3n) is 3.27. The number of benzene rings is 2. The van der Waals surface area contributed by atoms with Gasteiger partial charge in [-0.3, -0.25) is 4.79 Å².